The van der Waals surface area contributed by atoms with Crippen molar-refractivity contribution in [2.45, 2.75) is 30.8 Å². The Labute approximate surface area is 154 Å². The molecule has 136 valence electrons. The van der Waals surface area contributed by atoms with E-state index in [4.69, 9.17) is 0 Å². The quantitative estimate of drug-likeness (QED) is 0.831. The van der Waals surface area contributed by atoms with E-state index >= 15 is 0 Å². The Balaban J connectivity index is 1.70. The molecule has 1 saturated carbocycles. The number of aromatic nitrogens is 2. The number of para-hydroxylation sites is 1. The Kier molecular flexibility index (Phi) is 4.59. The molecule has 0 spiro atoms. The van der Waals surface area contributed by atoms with Gasteiger partial charge in [-0.05, 0) is 39.1 Å². The van der Waals surface area contributed by atoms with E-state index in [0.29, 0.717) is 0 Å². The third-order valence-corrected chi connectivity index (χ3v) is 5.52. The van der Waals surface area contributed by atoms with Gasteiger partial charge in [0.15, 0.2) is 0 Å². The number of carbonyl (C=O) groups excluding carboxylic acids is 1. The van der Waals surface area contributed by atoms with Gasteiger partial charge < -0.3 is 9.80 Å². The number of nitrogens with zero attached hydrogens (tertiary/aromatic N) is 5. The fourth-order valence-corrected chi connectivity index (χ4v) is 4.33. The van der Waals surface area contributed by atoms with Gasteiger partial charge in [0.2, 0.25) is 0 Å². The average molecular weight is 351 g/mol. The normalized spacial score (nSPS) is 25.2. The van der Waals surface area contributed by atoms with E-state index in [2.05, 4.69) is 19.8 Å². The van der Waals surface area contributed by atoms with Crippen molar-refractivity contribution in [1.29, 1.82) is 0 Å². The second-order valence-corrected chi connectivity index (χ2v) is 7.36. The van der Waals surface area contributed by atoms with Crippen molar-refractivity contribution in [2.75, 3.05) is 32.1 Å². The zero-order chi connectivity index (χ0) is 18.1. The Morgan fingerprint density at radius 3 is 2.65 bits per heavy atom. The molecule has 1 aliphatic heterocycles. The van der Waals surface area contributed by atoms with Gasteiger partial charge in [-0.3, -0.25) is 14.9 Å². The summed E-state index contributed by atoms with van der Waals surface area (Å²) in [6.07, 6.45) is 7.34. The van der Waals surface area contributed by atoms with E-state index in [1.165, 1.54) is 0 Å². The minimum Gasteiger partial charge on any atom is -0.318 e. The number of hydrogen-bond donors (Lipinski definition) is 0. The van der Waals surface area contributed by atoms with Gasteiger partial charge in [0.1, 0.15) is 0 Å². The summed E-state index contributed by atoms with van der Waals surface area (Å²) in [5.74, 6) is 0.224. The highest BCUT2D eigenvalue weighted by Crippen LogP contribution is 2.45. The third kappa shape index (κ3) is 2.94. The van der Waals surface area contributed by atoms with Crippen molar-refractivity contribution in [3.63, 3.8) is 0 Å². The molecule has 2 aliphatic rings. The van der Waals surface area contributed by atoms with Crippen LogP contribution in [0.3, 0.4) is 0 Å². The first kappa shape index (κ1) is 17.0. The third-order valence-electron chi connectivity index (χ3n) is 5.52. The van der Waals surface area contributed by atoms with Crippen LogP contribution >= 0.6 is 0 Å². The molecular weight excluding hydrogens is 326 g/mol. The summed E-state index contributed by atoms with van der Waals surface area (Å²) < 4.78 is 0. The molecule has 0 radical (unpaired) electrons. The number of carbonyl (C=O) groups is 1. The van der Waals surface area contributed by atoms with Crippen molar-refractivity contribution in [2.24, 2.45) is 0 Å². The van der Waals surface area contributed by atoms with Crippen LogP contribution in [-0.2, 0) is 0 Å². The monoisotopic (exact) mass is 351 g/mol. The highest BCUT2D eigenvalue weighted by molar-refractivity contribution is 5.96. The molecule has 2 fully saturated rings. The van der Waals surface area contributed by atoms with Crippen LogP contribution in [0.25, 0.3) is 0 Å². The van der Waals surface area contributed by atoms with Gasteiger partial charge in [-0.25, -0.2) is 4.79 Å². The Morgan fingerprint density at radius 2 is 1.96 bits per heavy atom. The molecule has 2 amide bonds. The maximum absolute atomic E-state index is 13.3. The summed E-state index contributed by atoms with van der Waals surface area (Å²) in [6.45, 7) is 1.62. The topological polar surface area (TPSA) is 52.6 Å². The molecule has 1 saturated heterocycles. The molecule has 3 atom stereocenters. The number of urea groups is 1. The van der Waals surface area contributed by atoms with Crippen LogP contribution in [0.5, 0.6) is 0 Å². The highest BCUT2D eigenvalue weighted by Gasteiger charge is 2.53. The summed E-state index contributed by atoms with van der Waals surface area (Å²) in [4.78, 5) is 28.3. The number of fused-ring (bicyclic) bond motifs is 1. The minimum absolute atomic E-state index is 0.113. The fourth-order valence-electron chi connectivity index (χ4n) is 4.33. The van der Waals surface area contributed by atoms with E-state index in [9.17, 15) is 4.79 Å². The lowest BCUT2D eigenvalue weighted by Gasteiger charge is -2.27. The molecule has 26 heavy (non-hydrogen) atoms. The van der Waals surface area contributed by atoms with Crippen LogP contribution < -0.4 is 4.90 Å². The van der Waals surface area contributed by atoms with Crippen molar-refractivity contribution in [3.8, 4) is 0 Å². The summed E-state index contributed by atoms with van der Waals surface area (Å²) in [5, 5.41) is 0. The predicted molar refractivity (Wildman–Crippen MR) is 101 cm³/mol. The molecule has 0 bridgehead atoms. The number of hydrogen-bond acceptors (Lipinski definition) is 4. The Hall–Kier alpha value is -2.47. The molecule has 1 aromatic heterocycles. The summed E-state index contributed by atoms with van der Waals surface area (Å²) in [6, 6.07) is 10.5. The molecule has 0 N–H and O–H groups in total. The highest BCUT2D eigenvalue weighted by atomic mass is 16.2. The van der Waals surface area contributed by atoms with Crippen molar-refractivity contribution in [3.05, 3.63) is 54.6 Å². The smallest absolute Gasteiger partial charge is 0.318 e. The van der Waals surface area contributed by atoms with Gasteiger partial charge >= 0.3 is 6.03 Å². The SMILES string of the molecule is CN(C)CCN1C(=O)N(c2ccccc2)[C@@H]2[C@H](c3cnccn3)CC[C@@H]21. The summed E-state index contributed by atoms with van der Waals surface area (Å²) in [5.41, 5.74) is 1.96. The van der Waals surface area contributed by atoms with Crippen molar-refractivity contribution < 1.29 is 4.79 Å². The standard InChI is InChI=1S/C20H25N5O/c1-23(2)12-13-24-18-9-8-16(17-14-21-10-11-22-17)19(18)25(20(24)26)15-6-4-3-5-7-15/h3-7,10-11,14,16,18-19H,8-9,12-13H2,1-2H3/t16-,18-,19+/m0/s1. The molecule has 2 aromatic rings. The molecular formula is C20H25N5O. The molecule has 1 aliphatic carbocycles. The Morgan fingerprint density at radius 1 is 1.15 bits per heavy atom. The summed E-state index contributed by atoms with van der Waals surface area (Å²) >= 11 is 0. The lowest BCUT2D eigenvalue weighted by atomic mass is 9.97. The second kappa shape index (κ2) is 7.03. The zero-order valence-electron chi connectivity index (χ0n) is 15.3. The van der Waals surface area contributed by atoms with Gasteiger partial charge in [-0.15, -0.1) is 0 Å². The van der Waals surface area contributed by atoms with Gasteiger partial charge in [0.25, 0.3) is 0 Å². The van der Waals surface area contributed by atoms with Gasteiger partial charge in [0.05, 0.1) is 17.8 Å². The van der Waals surface area contributed by atoms with Gasteiger partial charge in [-0.2, -0.15) is 0 Å². The molecule has 0 unspecified atom stereocenters. The number of rotatable bonds is 5. The Bertz CT molecular complexity index is 751. The largest absolute Gasteiger partial charge is 0.325 e. The summed E-state index contributed by atoms with van der Waals surface area (Å²) in [7, 11) is 4.09. The number of benzene rings is 1. The van der Waals surface area contributed by atoms with Crippen LogP contribution in [0.1, 0.15) is 24.5 Å². The maximum Gasteiger partial charge on any atom is 0.325 e. The fraction of sp³-hybridized carbons (Fsp3) is 0.450. The maximum atomic E-state index is 13.3. The van der Waals surface area contributed by atoms with Crippen LogP contribution in [0.15, 0.2) is 48.9 Å². The molecule has 4 rings (SSSR count). The molecule has 6 heteroatoms. The van der Waals surface area contributed by atoms with E-state index < -0.39 is 0 Å². The van der Waals surface area contributed by atoms with E-state index in [0.717, 1.165) is 37.3 Å². The van der Waals surface area contributed by atoms with Crippen LogP contribution in [-0.4, -0.2) is 65.1 Å². The second-order valence-electron chi connectivity index (χ2n) is 7.36. The van der Waals surface area contributed by atoms with Gasteiger partial charge in [-0.1, -0.05) is 18.2 Å². The first-order valence-corrected chi connectivity index (χ1v) is 9.22. The van der Waals surface area contributed by atoms with Crippen molar-refractivity contribution in [1.82, 2.24) is 19.8 Å². The van der Waals surface area contributed by atoms with Gasteiger partial charge in [0, 0.05) is 43.3 Å². The van der Waals surface area contributed by atoms with E-state index in [1.807, 2.05) is 55.5 Å². The first-order chi connectivity index (χ1) is 12.7. The number of anilines is 1. The lowest BCUT2D eigenvalue weighted by molar-refractivity contribution is 0.196. The molecule has 1 aromatic carbocycles. The first-order valence-electron chi connectivity index (χ1n) is 9.22. The number of amides is 2. The molecule has 2 heterocycles. The van der Waals surface area contributed by atoms with Crippen LogP contribution in [0.2, 0.25) is 0 Å². The molecule has 6 nitrogen and oxygen atoms in total. The van der Waals surface area contributed by atoms with E-state index in [-0.39, 0.29) is 24.0 Å². The van der Waals surface area contributed by atoms with Crippen LogP contribution in [0, 0.1) is 0 Å². The number of likely N-dealkylation sites (N-methyl/N-ethyl adjacent to an activating group) is 1. The minimum atomic E-state index is 0.113. The average Bonchev–Trinajstić information content (AvgIpc) is 3.19. The zero-order valence-corrected chi connectivity index (χ0v) is 15.3. The lowest BCUT2D eigenvalue weighted by Crippen LogP contribution is -2.39. The van der Waals surface area contributed by atoms with Crippen molar-refractivity contribution >= 4 is 11.7 Å². The van der Waals surface area contributed by atoms with Crippen LogP contribution in [0.4, 0.5) is 10.5 Å². The van der Waals surface area contributed by atoms with E-state index in [1.54, 1.807) is 12.4 Å². The predicted octanol–water partition coefficient (Wildman–Crippen LogP) is 2.60.